The number of nitrogens with zero attached hydrogens (tertiary/aromatic N) is 2. The average molecular weight is 486 g/mol. The van der Waals surface area contributed by atoms with Crippen molar-refractivity contribution in [3.63, 3.8) is 0 Å². The van der Waals surface area contributed by atoms with Gasteiger partial charge in [-0.3, -0.25) is 14.5 Å². The molecule has 4 rings (SSSR count). The van der Waals surface area contributed by atoms with E-state index in [4.69, 9.17) is 0 Å². The van der Waals surface area contributed by atoms with Gasteiger partial charge >= 0.3 is 0 Å². The van der Waals surface area contributed by atoms with Crippen LogP contribution in [0.2, 0.25) is 0 Å². The van der Waals surface area contributed by atoms with E-state index in [2.05, 4.69) is 29.4 Å². The number of carbonyl (C=O) groups excluding carboxylic acids is 2. The Labute approximate surface area is 211 Å². The Morgan fingerprint density at radius 1 is 1.00 bits per heavy atom. The smallest absolute Gasteiger partial charge is 0.265 e. The molecule has 0 unspecified atom stereocenters. The topological polar surface area (TPSA) is 52.7 Å². The van der Waals surface area contributed by atoms with E-state index in [1.807, 2.05) is 79.7 Å². The van der Waals surface area contributed by atoms with E-state index in [1.165, 1.54) is 22.9 Å². The molecule has 1 aliphatic rings. The summed E-state index contributed by atoms with van der Waals surface area (Å²) >= 11 is 1.45. The molecule has 5 nitrogen and oxygen atoms in total. The second-order valence-electron chi connectivity index (χ2n) is 8.81. The Morgan fingerprint density at radius 2 is 1.71 bits per heavy atom. The van der Waals surface area contributed by atoms with E-state index in [0.717, 1.165) is 35.7 Å². The fourth-order valence-electron chi connectivity index (χ4n) is 3.98. The number of aryl methyl sites for hydroxylation is 1. The zero-order valence-corrected chi connectivity index (χ0v) is 21.1. The molecule has 1 N–H and O–H groups in total. The molecule has 0 radical (unpaired) electrons. The number of hydrogen-bond donors (Lipinski definition) is 1. The van der Waals surface area contributed by atoms with Gasteiger partial charge in [0.2, 0.25) is 5.91 Å². The third kappa shape index (κ3) is 6.84. The molecule has 6 heteroatoms. The Balaban J connectivity index is 1.35. The van der Waals surface area contributed by atoms with Crippen molar-refractivity contribution in [2.75, 3.05) is 31.6 Å². The minimum absolute atomic E-state index is 0.00149. The van der Waals surface area contributed by atoms with Crippen LogP contribution in [0.5, 0.6) is 0 Å². The van der Waals surface area contributed by atoms with Gasteiger partial charge in [0.1, 0.15) is 6.54 Å². The Bertz CT molecular complexity index is 1190. The second-order valence-corrected chi connectivity index (χ2v) is 9.89. The summed E-state index contributed by atoms with van der Waals surface area (Å²) in [4.78, 5) is 31.5. The van der Waals surface area contributed by atoms with Crippen molar-refractivity contribution in [1.82, 2.24) is 10.2 Å². The fourth-order valence-corrected chi connectivity index (χ4v) is 5.04. The van der Waals surface area contributed by atoms with Gasteiger partial charge in [0.25, 0.3) is 5.91 Å². The van der Waals surface area contributed by atoms with E-state index >= 15 is 0 Å². The number of amides is 2. The number of anilines is 1. The highest BCUT2D eigenvalue weighted by Gasteiger charge is 2.30. The normalized spacial score (nSPS) is 14.3. The summed E-state index contributed by atoms with van der Waals surface area (Å²) < 4.78 is 0. The number of thioether (sulfide) groups is 1. The lowest BCUT2D eigenvalue weighted by molar-refractivity contribution is -0.122. The van der Waals surface area contributed by atoms with Gasteiger partial charge in [0.05, 0.1) is 10.6 Å². The van der Waals surface area contributed by atoms with Gasteiger partial charge in [-0.1, -0.05) is 84.1 Å². The first-order valence-corrected chi connectivity index (χ1v) is 12.7. The summed E-state index contributed by atoms with van der Waals surface area (Å²) in [5.41, 5.74) is 4.19. The van der Waals surface area contributed by atoms with Gasteiger partial charge in [-0.25, -0.2) is 0 Å². The summed E-state index contributed by atoms with van der Waals surface area (Å²) in [6, 6.07) is 26.1. The molecule has 0 spiro atoms. The number of hydrogen-bond acceptors (Lipinski definition) is 4. The van der Waals surface area contributed by atoms with Gasteiger partial charge in [-0.15, -0.1) is 0 Å². The van der Waals surface area contributed by atoms with Crippen molar-refractivity contribution in [3.05, 3.63) is 100 Å². The predicted molar refractivity (Wildman–Crippen MR) is 144 cm³/mol. The molecule has 0 fully saturated rings. The molecule has 0 atom stereocenters. The van der Waals surface area contributed by atoms with E-state index < -0.39 is 0 Å². The molecule has 0 saturated carbocycles. The lowest BCUT2D eigenvalue weighted by Crippen LogP contribution is -2.43. The first-order chi connectivity index (χ1) is 17.0. The average Bonchev–Trinajstić information content (AvgIpc) is 2.86. The maximum Gasteiger partial charge on any atom is 0.265 e. The van der Waals surface area contributed by atoms with E-state index in [1.54, 1.807) is 4.90 Å². The highest BCUT2D eigenvalue weighted by atomic mass is 32.2. The zero-order valence-electron chi connectivity index (χ0n) is 20.2. The molecule has 3 aromatic rings. The summed E-state index contributed by atoms with van der Waals surface area (Å²) in [5, 5.41) is 2.99. The van der Waals surface area contributed by atoms with Gasteiger partial charge < -0.3 is 10.2 Å². The van der Waals surface area contributed by atoms with Gasteiger partial charge in [0.15, 0.2) is 0 Å². The molecule has 180 valence electrons. The lowest BCUT2D eigenvalue weighted by Gasteiger charge is -2.29. The van der Waals surface area contributed by atoms with E-state index in [-0.39, 0.29) is 18.4 Å². The van der Waals surface area contributed by atoms with Crippen LogP contribution in [0, 0.1) is 6.92 Å². The molecule has 0 saturated heterocycles. The van der Waals surface area contributed by atoms with E-state index in [9.17, 15) is 9.59 Å². The van der Waals surface area contributed by atoms with Gasteiger partial charge in [-0.2, -0.15) is 0 Å². The van der Waals surface area contributed by atoms with Crippen molar-refractivity contribution in [2.24, 2.45) is 0 Å². The number of para-hydroxylation sites is 1. The van der Waals surface area contributed by atoms with Crippen molar-refractivity contribution in [1.29, 1.82) is 0 Å². The van der Waals surface area contributed by atoms with Crippen LogP contribution in [-0.2, 0) is 16.1 Å². The molecule has 1 aliphatic heterocycles. The Morgan fingerprint density at radius 3 is 2.49 bits per heavy atom. The van der Waals surface area contributed by atoms with Crippen molar-refractivity contribution in [2.45, 2.75) is 24.8 Å². The minimum atomic E-state index is -0.152. The van der Waals surface area contributed by atoms with Crippen LogP contribution in [0.3, 0.4) is 0 Å². The Kier molecular flexibility index (Phi) is 8.40. The van der Waals surface area contributed by atoms with Crippen LogP contribution >= 0.6 is 11.8 Å². The molecule has 0 bridgehead atoms. The number of carbonyl (C=O) groups is 2. The van der Waals surface area contributed by atoms with Crippen LogP contribution in [0.4, 0.5) is 5.69 Å². The highest BCUT2D eigenvalue weighted by molar-refractivity contribution is 8.04. The summed E-state index contributed by atoms with van der Waals surface area (Å²) in [7, 11) is 2.08. The molecular formula is C29H31N3O2S. The van der Waals surface area contributed by atoms with Crippen LogP contribution in [-0.4, -0.2) is 43.4 Å². The quantitative estimate of drug-likeness (QED) is 0.338. The minimum Gasteiger partial charge on any atom is -0.355 e. The monoisotopic (exact) mass is 485 g/mol. The first-order valence-electron chi connectivity index (χ1n) is 11.9. The molecule has 1 heterocycles. The first kappa shape index (κ1) is 24.8. The maximum absolute atomic E-state index is 13.3. The zero-order chi connectivity index (χ0) is 24.6. The maximum atomic E-state index is 13.3. The SMILES string of the molecule is Cc1ccc(/C=C2\Sc3ccccc3N(CC(=O)NCCCN(C)Cc3ccccc3)C2=O)cc1. The number of rotatable bonds is 9. The largest absolute Gasteiger partial charge is 0.355 e. The summed E-state index contributed by atoms with van der Waals surface area (Å²) in [6.45, 7) is 4.36. The van der Waals surface area contributed by atoms with Crippen LogP contribution < -0.4 is 10.2 Å². The van der Waals surface area contributed by atoms with Crippen molar-refractivity contribution < 1.29 is 9.59 Å². The number of nitrogens with one attached hydrogen (secondary N) is 1. The third-order valence-electron chi connectivity index (χ3n) is 5.84. The van der Waals surface area contributed by atoms with Gasteiger partial charge in [0, 0.05) is 18.0 Å². The van der Waals surface area contributed by atoms with Crippen molar-refractivity contribution >= 4 is 35.3 Å². The second kappa shape index (κ2) is 11.9. The molecule has 0 aliphatic carbocycles. The van der Waals surface area contributed by atoms with E-state index in [0.29, 0.717) is 11.4 Å². The fraction of sp³-hybridized carbons (Fsp3) is 0.241. The summed E-state index contributed by atoms with van der Waals surface area (Å²) in [5.74, 6) is -0.299. The van der Waals surface area contributed by atoms with Crippen LogP contribution in [0.25, 0.3) is 6.08 Å². The van der Waals surface area contributed by atoms with Crippen LogP contribution in [0.15, 0.2) is 88.7 Å². The summed E-state index contributed by atoms with van der Waals surface area (Å²) in [6.07, 6.45) is 2.74. The molecule has 2 amide bonds. The molecular weight excluding hydrogens is 454 g/mol. The van der Waals surface area contributed by atoms with Crippen molar-refractivity contribution in [3.8, 4) is 0 Å². The molecule has 3 aromatic carbocycles. The third-order valence-corrected chi connectivity index (χ3v) is 6.92. The number of benzene rings is 3. The lowest BCUT2D eigenvalue weighted by atomic mass is 10.1. The molecule has 35 heavy (non-hydrogen) atoms. The van der Waals surface area contributed by atoms with Crippen LogP contribution in [0.1, 0.15) is 23.1 Å². The number of fused-ring (bicyclic) bond motifs is 1. The highest BCUT2D eigenvalue weighted by Crippen LogP contribution is 2.41. The predicted octanol–water partition coefficient (Wildman–Crippen LogP) is 5.11. The standard InChI is InChI=1S/C29H31N3O2S/c1-22-13-15-23(16-14-22)19-27-29(34)32(25-11-6-7-12-26(25)35-27)21-28(33)30-17-8-18-31(2)20-24-9-4-3-5-10-24/h3-7,9-16,19H,8,17-18,20-21H2,1-2H3,(H,30,33)/b27-19-. The molecule has 0 aromatic heterocycles. The Hall–Kier alpha value is -3.35. The van der Waals surface area contributed by atoms with Gasteiger partial charge in [-0.05, 0) is 56.3 Å².